The van der Waals surface area contributed by atoms with Crippen molar-refractivity contribution in [3.63, 3.8) is 0 Å². The van der Waals surface area contributed by atoms with Gasteiger partial charge in [0, 0.05) is 14.0 Å². The first kappa shape index (κ1) is 9.13. The molecule has 0 radical (unpaired) electrons. The van der Waals surface area contributed by atoms with E-state index in [2.05, 4.69) is 6.58 Å². The van der Waals surface area contributed by atoms with Gasteiger partial charge in [0.2, 0.25) is 5.90 Å². The molecule has 0 fully saturated rings. The van der Waals surface area contributed by atoms with E-state index in [-0.39, 0.29) is 12.1 Å². The smallest absolute Gasteiger partial charge is 0.203 e. The minimum Gasteiger partial charge on any atom is -0.390 e. The molecule has 0 saturated heterocycles. The van der Waals surface area contributed by atoms with Crippen molar-refractivity contribution >= 4 is 5.90 Å². The van der Waals surface area contributed by atoms with Gasteiger partial charge in [-0.2, -0.15) is 0 Å². The van der Waals surface area contributed by atoms with Gasteiger partial charge in [0.25, 0.3) is 0 Å². The van der Waals surface area contributed by atoms with E-state index in [1.54, 1.807) is 7.05 Å². The van der Waals surface area contributed by atoms with Gasteiger partial charge in [-0.15, -0.1) is 11.6 Å². The molecular weight excluding hydrogens is 130 g/mol. The number of hydrogen-bond donors (Lipinski definition) is 2. The zero-order chi connectivity index (χ0) is 8.15. The SMILES string of the molecule is C=CC(N)N(C)OC(C)=N. The van der Waals surface area contributed by atoms with Gasteiger partial charge >= 0.3 is 0 Å². The van der Waals surface area contributed by atoms with E-state index in [1.165, 1.54) is 18.1 Å². The van der Waals surface area contributed by atoms with Crippen LogP contribution in [0.4, 0.5) is 0 Å². The van der Waals surface area contributed by atoms with Crippen LogP contribution < -0.4 is 5.73 Å². The summed E-state index contributed by atoms with van der Waals surface area (Å²) in [5.74, 6) is 0.111. The molecular formula is C6H13N3O. The first-order valence-corrected chi connectivity index (χ1v) is 2.92. The molecule has 0 saturated carbocycles. The fourth-order valence-electron chi connectivity index (χ4n) is 0.425. The molecule has 0 aromatic carbocycles. The van der Waals surface area contributed by atoms with Crippen LogP contribution in [0.1, 0.15) is 6.92 Å². The van der Waals surface area contributed by atoms with Crippen molar-refractivity contribution in [1.82, 2.24) is 5.06 Å². The molecule has 0 spiro atoms. The van der Waals surface area contributed by atoms with Crippen LogP contribution in [0.15, 0.2) is 12.7 Å². The molecule has 58 valence electrons. The Labute approximate surface area is 60.7 Å². The van der Waals surface area contributed by atoms with Gasteiger partial charge in [-0.05, 0) is 0 Å². The molecule has 0 amide bonds. The standard InChI is InChI=1S/C6H13N3O/c1-4-6(8)9(3)10-5(2)7/h4,6-7H,1,8H2,2-3H3. The van der Waals surface area contributed by atoms with E-state index < -0.39 is 0 Å². The molecule has 0 rings (SSSR count). The lowest BCUT2D eigenvalue weighted by Crippen LogP contribution is -2.38. The number of hydroxylamine groups is 2. The van der Waals surface area contributed by atoms with Crippen LogP contribution in [0.3, 0.4) is 0 Å². The van der Waals surface area contributed by atoms with Gasteiger partial charge < -0.3 is 10.6 Å². The third-order valence-corrected chi connectivity index (χ3v) is 0.942. The van der Waals surface area contributed by atoms with Gasteiger partial charge in [0.05, 0.1) is 0 Å². The molecule has 3 N–H and O–H groups in total. The number of likely N-dealkylation sites (N-methyl/N-ethyl adjacent to an activating group) is 1. The summed E-state index contributed by atoms with van der Waals surface area (Å²) in [7, 11) is 1.64. The fraction of sp³-hybridized carbons (Fsp3) is 0.500. The Balaban J connectivity index is 3.71. The summed E-state index contributed by atoms with van der Waals surface area (Å²) in [5, 5.41) is 8.30. The first-order valence-electron chi connectivity index (χ1n) is 2.92. The molecule has 0 heterocycles. The maximum Gasteiger partial charge on any atom is 0.203 e. The molecule has 4 nitrogen and oxygen atoms in total. The second kappa shape index (κ2) is 4.03. The maximum atomic E-state index is 6.94. The number of hydrogen-bond acceptors (Lipinski definition) is 4. The highest BCUT2D eigenvalue weighted by molar-refractivity contribution is 5.68. The lowest BCUT2D eigenvalue weighted by atomic mass is 10.5. The summed E-state index contributed by atoms with van der Waals surface area (Å²) in [4.78, 5) is 4.82. The largest absolute Gasteiger partial charge is 0.390 e. The van der Waals surface area contributed by atoms with Crippen molar-refractivity contribution < 1.29 is 4.84 Å². The van der Waals surface area contributed by atoms with Crippen LogP contribution in [0.5, 0.6) is 0 Å². The highest BCUT2D eigenvalue weighted by Crippen LogP contribution is 1.91. The zero-order valence-electron chi connectivity index (χ0n) is 6.29. The lowest BCUT2D eigenvalue weighted by molar-refractivity contribution is -0.0701. The number of nitrogens with one attached hydrogen (secondary N) is 1. The Kier molecular flexibility index (Phi) is 3.68. The van der Waals surface area contributed by atoms with Crippen molar-refractivity contribution in [3.05, 3.63) is 12.7 Å². The summed E-state index contributed by atoms with van der Waals surface area (Å²) in [6, 6.07) is 0. The van der Waals surface area contributed by atoms with Crippen LogP contribution in [-0.2, 0) is 4.84 Å². The van der Waals surface area contributed by atoms with E-state index in [0.717, 1.165) is 0 Å². The molecule has 0 bridgehead atoms. The first-order chi connectivity index (χ1) is 4.57. The molecule has 1 unspecified atom stereocenters. The molecule has 0 aliphatic rings. The Bertz CT molecular complexity index is 135. The number of nitrogens with zero attached hydrogens (tertiary/aromatic N) is 1. The highest BCUT2D eigenvalue weighted by Gasteiger charge is 2.05. The highest BCUT2D eigenvalue weighted by atomic mass is 16.7. The minimum atomic E-state index is -0.361. The molecule has 4 heteroatoms. The topological polar surface area (TPSA) is 62.3 Å². The summed E-state index contributed by atoms with van der Waals surface area (Å²) in [6.45, 7) is 5.01. The van der Waals surface area contributed by atoms with Gasteiger partial charge in [-0.25, -0.2) is 0 Å². The average Bonchev–Trinajstić information content (AvgIpc) is 1.85. The van der Waals surface area contributed by atoms with Crippen LogP contribution in [-0.4, -0.2) is 24.2 Å². The van der Waals surface area contributed by atoms with Crippen molar-refractivity contribution in [2.75, 3.05) is 7.05 Å². The second-order valence-electron chi connectivity index (χ2n) is 1.92. The van der Waals surface area contributed by atoms with E-state index in [4.69, 9.17) is 16.0 Å². The second-order valence-corrected chi connectivity index (χ2v) is 1.92. The van der Waals surface area contributed by atoms with E-state index in [0.29, 0.717) is 0 Å². The Morgan fingerprint density at radius 2 is 2.40 bits per heavy atom. The van der Waals surface area contributed by atoms with Crippen molar-refractivity contribution in [3.8, 4) is 0 Å². The van der Waals surface area contributed by atoms with Gasteiger partial charge in [-0.1, -0.05) is 6.08 Å². The molecule has 1 atom stereocenters. The summed E-state index contributed by atoms with van der Waals surface area (Å²) >= 11 is 0. The third kappa shape index (κ3) is 3.21. The Morgan fingerprint density at radius 1 is 1.90 bits per heavy atom. The normalized spacial score (nSPS) is 12.8. The fourth-order valence-corrected chi connectivity index (χ4v) is 0.425. The van der Waals surface area contributed by atoms with Gasteiger partial charge in [0.15, 0.2) is 0 Å². The summed E-state index contributed by atoms with van der Waals surface area (Å²) in [5.41, 5.74) is 5.45. The number of nitrogens with two attached hydrogens (primary N) is 1. The zero-order valence-corrected chi connectivity index (χ0v) is 6.29. The van der Waals surface area contributed by atoms with Crippen LogP contribution in [0.2, 0.25) is 0 Å². The third-order valence-electron chi connectivity index (χ3n) is 0.942. The number of rotatable bonds is 3. The quantitative estimate of drug-likeness (QED) is 0.196. The van der Waals surface area contributed by atoms with Crippen LogP contribution in [0, 0.1) is 5.41 Å². The van der Waals surface area contributed by atoms with Crippen LogP contribution in [0.25, 0.3) is 0 Å². The van der Waals surface area contributed by atoms with E-state index in [1.807, 2.05) is 0 Å². The van der Waals surface area contributed by atoms with Crippen molar-refractivity contribution in [2.45, 2.75) is 13.1 Å². The molecule has 0 aromatic rings. The maximum absolute atomic E-state index is 6.94. The summed E-state index contributed by atoms with van der Waals surface area (Å²) < 4.78 is 0. The Morgan fingerprint density at radius 3 is 2.70 bits per heavy atom. The monoisotopic (exact) mass is 143 g/mol. The predicted octanol–water partition coefficient (Wildman–Crippen LogP) is 0.318. The van der Waals surface area contributed by atoms with E-state index >= 15 is 0 Å². The van der Waals surface area contributed by atoms with Crippen molar-refractivity contribution in [2.24, 2.45) is 5.73 Å². The van der Waals surface area contributed by atoms with Gasteiger partial charge in [-0.3, -0.25) is 5.41 Å². The van der Waals surface area contributed by atoms with E-state index in [9.17, 15) is 0 Å². The molecule has 0 aliphatic heterocycles. The van der Waals surface area contributed by atoms with Crippen LogP contribution >= 0.6 is 0 Å². The Hall–Kier alpha value is -0.870. The van der Waals surface area contributed by atoms with Gasteiger partial charge in [0.1, 0.15) is 6.17 Å². The lowest BCUT2D eigenvalue weighted by Gasteiger charge is -2.20. The minimum absolute atomic E-state index is 0.111. The molecule has 10 heavy (non-hydrogen) atoms. The molecule has 0 aliphatic carbocycles. The molecule has 0 aromatic heterocycles. The average molecular weight is 143 g/mol. The summed E-state index contributed by atoms with van der Waals surface area (Å²) in [6.07, 6.45) is 1.17. The predicted molar refractivity (Wildman–Crippen MR) is 40.4 cm³/mol. The van der Waals surface area contributed by atoms with Crippen molar-refractivity contribution in [1.29, 1.82) is 5.41 Å².